The third-order valence-corrected chi connectivity index (χ3v) is 3.99. The van der Waals surface area contributed by atoms with E-state index in [4.69, 9.17) is 5.11 Å². The zero-order chi connectivity index (χ0) is 15.7. The summed E-state index contributed by atoms with van der Waals surface area (Å²) in [4.78, 5) is 12.2. The molecule has 1 unspecified atom stereocenters. The summed E-state index contributed by atoms with van der Waals surface area (Å²) < 4.78 is 25.7. The number of thioether (sulfide) groups is 1. The van der Waals surface area contributed by atoms with E-state index in [0.29, 0.717) is 23.6 Å². The molecule has 0 fully saturated rings. The summed E-state index contributed by atoms with van der Waals surface area (Å²) in [5, 5.41) is 11.7. The van der Waals surface area contributed by atoms with Gasteiger partial charge in [-0.05, 0) is 37.0 Å². The van der Waals surface area contributed by atoms with Gasteiger partial charge in [-0.1, -0.05) is 6.92 Å². The standard InChI is InChI=1S/C15H21F2NO2S/c1-11(10-19)3-2-7-18-15(20)6-8-21-12-4-5-13(16)14(17)9-12/h4-5,9,11,19H,2-3,6-8,10H2,1H3,(H,18,20). The van der Waals surface area contributed by atoms with Crippen LogP contribution in [0.5, 0.6) is 0 Å². The molecule has 2 N–H and O–H groups in total. The molecular formula is C15H21F2NO2S. The molecule has 0 aliphatic heterocycles. The van der Waals surface area contributed by atoms with E-state index in [1.807, 2.05) is 6.92 Å². The van der Waals surface area contributed by atoms with Crippen LogP contribution >= 0.6 is 11.8 Å². The van der Waals surface area contributed by atoms with E-state index in [0.717, 1.165) is 25.0 Å². The number of rotatable bonds is 9. The lowest BCUT2D eigenvalue weighted by Crippen LogP contribution is -2.25. The molecule has 0 saturated heterocycles. The number of amides is 1. The van der Waals surface area contributed by atoms with Crippen molar-refractivity contribution in [3.63, 3.8) is 0 Å². The Morgan fingerprint density at radius 1 is 1.38 bits per heavy atom. The number of nitrogens with one attached hydrogen (secondary N) is 1. The minimum absolute atomic E-state index is 0.0539. The molecule has 0 spiro atoms. The fraction of sp³-hybridized carbons (Fsp3) is 0.533. The Hall–Kier alpha value is -1.14. The number of halogens is 2. The van der Waals surface area contributed by atoms with Crippen LogP contribution in [0, 0.1) is 17.6 Å². The van der Waals surface area contributed by atoms with Gasteiger partial charge < -0.3 is 10.4 Å². The highest BCUT2D eigenvalue weighted by atomic mass is 32.2. The lowest BCUT2D eigenvalue weighted by atomic mass is 10.1. The fourth-order valence-corrected chi connectivity index (χ4v) is 2.56. The fourth-order valence-electron chi connectivity index (χ4n) is 1.69. The van der Waals surface area contributed by atoms with Crippen LogP contribution in [-0.4, -0.2) is 29.9 Å². The molecule has 3 nitrogen and oxygen atoms in total. The molecule has 0 radical (unpaired) electrons. The van der Waals surface area contributed by atoms with Crippen molar-refractivity contribution in [3.05, 3.63) is 29.8 Å². The molecule has 0 heterocycles. The van der Waals surface area contributed by atoms with Crippen LogP contribution in [0.15, 0.2) is 23.1 Å². The second-order valence-electron chi connectivity index (χ2n) is 4.95. The van der Waals surface area contributed by atoms with E-state index in [-0.39, 0.29) is 18.4 Å². The minimum atomic E-state index is -0.873. The molecule has 0 aliphatic rings. The summed E-state index contributed by atoms with van der Waals surface area (Å²) in [7, 11) is 0. The van der Waals surface area contributed by atoms with E-state index in [2.05, 4.69) is 5.32 Å². The normalized spacial score (nSPS) is 12.2. The van der Waals surface area contributed by atoms with Crippen LogP contribution in [-0.2, 0) is 4.79 Å². The van der Waals surface area contributed by atoms with Gasteiger partial charge in [0.25, 0.3) is 0 Å². The van der Waals surface area contributed by atoms with Crippen molar-refractivity contribution in [2.75, 3.05) is 18.9 Å². The first-order valence-corrected chi connectivity index (χ1v) is 7.97. The minimum Gasteiger partial charge on any atom is -0.396 e. The third kappa shape index (κ3) is 7.43. The highest BCUT2D eigenvalue weighted by Crippen LogP contribution is 2.20. The quantitative estimate of drug-likeness (QED) is 0.544. The van der Waals surface area contributed by atoms with Crippen LogP contribution in [0.4, 0.5) is 8.78 Å². The Morgan fingerprint density at radius 2 is 2.14 bits per heavy atom. The summed E-state index contributed by atoms with van der Waals surface area (Å²) in [5.41, 5.74) is 0. The van der Waals surface area contributed by atoms with Gasteiger partial charge in [0, 0.05) is 30.2 Å². The monoisotopic (exact) mass is 317 g/mol. The summed E-state index contributed by atoms with van der Waals surface area (Å²) in [6.45, 7) is 2.72. The maximum atomic E-state index is 13.0. The van der Waals surface area contributed by atoms with E-state index < -0.39 is 11.6 Å². The number of hydrogen-bond donors (Lipinski definition) is 2. The van der Waals surface area contributed by atoms with Crippen molar-refractivity contribution >= 4 is 17.7 Å². The van der Waals surface area contributed by atoms with Gasteiger partial charge in [-0.15, -0.1) is 11.8 Å². The van der Waals surface area contributed by atoms with Gasteiger partial charge in [-0.2, -0.15) is 0 Å². The molecule has 118 valence electrons. The second kappa shape index (κ2) is 9.73. The van der Waals surface area contributed by atoms with Crippen LogP contribution in [0.3, 0.4) is 0 Å². The van der Waals surface area contributed by atoms with Gasteiger partial charge in [-0.3, -0.25) is 4.79 Å². The zero-order valence-corrected chi connectivity index (χ0v) is 12.9. The molecule has 1 aromatic rings. The summed E-state index contributed by atoms with van der Waals surface area (Å²) >= 11 is 1.32. The first-order valence-electron chi connectivity index (χ1n) is 6.98. The van der Waals surface area contributed by atoms with E-state index in [9.17, 15) is 13.6 Å². The predicted octanol–water partition coefficient (Wildman–Crippen LogP) is 2.97. The first-order chi connectivity index (χ1) is 10.0. The van der Waals surface area contributed by atoms with Crippen LogP contribution in [0.1, 0.15) is 26.2 Å². The molecule has 0 aromatic heterocycles. The topological polar surface area (TPSA) is 49.3 Å². The van der Waals surface area contributed by atoms with Crippen molar-refractivity contribution in [3.8, 4) is 0 Å². The largest absolute Gasteiger partial charge is 0.396 e. The number of benzene rings is 1. The predicted molar refractivity (Wildman–Crippen MR) is 80.2 cm³/mol. The van der Waals surface area contributed by atoms with Gasteiger partial charge >= 0.3 is 0 Å². The number of aliphatic hydroxyl groups excluding tert-OH is 1. The van der Waals surface area contributed by atoms with Gasteiger partial charge in [0.1, 0.15) is 0 Å². The smallest absolute Gasteiger partial charge is 0.220 e. The summed E-state index contributed by atoms with van der Waals surface area (Å²) in [6, 6.07) is 3.71. The Morgan fingerprint density at radius 3 is 2.81 bits per heavy atom. The molecule has 6 heteroatoms. The Labute approximate surface area is 128 Å². The number of hydrogen-bond acceptors (Lipinski definition) is 3. The summed E-state index contributed by atoms with van der Waals surface area (Å²) in [5.74, 6) is -1.02. The average molecular weight is 317 g/mol. The molecule has 1 amide bonds. The van der Waals surface area contributed by atoms with Crippen LogP contribution in [0.25, 0.3) is 0 Å². The van der Waals surface area contributed by atoms with Crippen molar-refractivity contribution < 1.29 is 18.7 Å². The van der Waals surface area contributed by atoms with Crippen molar-refractivity contribution in [2.45, 2.75) is 31.1 Å². The van der Waals surface area contributed by atoms with Crippen molar-refractivity contribution in [1.82, 2.24) is 5.32 Å². The van der Waals surface area contributed by atoms with Crippen molar-refractivity contribution in [2.24, 2.45) is 5.92 Å². The maximum Gasteiger partial charge on any atom is 0.220 e. The third-order valence-electron chi connectivity index (χ3n) is 3.00. The van der Waals surface area contributed by atoms with E-state index in [1.165, 1.54) is 17.8 Å². The second-order valence-corrected chi connectivity index (χ2v) is 6.12. The molecule has 21 heavy (non-hydrogen) atoms. The Kier molecular flexibility index (Phi) is 8.30. The van der Waals surface area contributed by atoms with Crippen LogP contribution < -0.4 is 5.32 Å². The number of aliphatic hydroxyl groups is 1. The highest BCUT2D eigenvalue weighted by molar-refractivity contribution is 7.99. The molecule has 0 aliphatic carbocycles. The van der Waals surface area contributed by atoms with Gasteiger partial charge in [-0.25, -0.2) is 8.78 Å². The van der Waals surface area contributed by atoms with Crippen molar-refractivity contribution in [1.29, 1.82) is 0 Å². The molecule has 1 rings (SSSR count). The Bertz CT molecular complexity index is 457. The average Bonchev–Trinajstić information content (AvgIpc) is 2.47. The SMILES string of the molecule is CC(CO)CCCNC(=O)CCSc1ccc(F)c(F)c1. The Balaban J connectivity index is 2.14. The van der Waals surface area contributed by atoms with Gasteiger partial charge in [0.2, 0.25) is 5.91 Å². The lowest BCUT2D eigenvalue weighted by Gasteiger charge is -2.08. The molecule has 1 atom stereocenters. The molecule has 0 saturated carbocycles. The number of carbonyl (C=O) groups excluding carboxylic acids is 1. The summed E-state index contributed by atoms with van der Waals surface area (Å²) in [6.07, 6.45) is 2.05. The zero-order valence-electron chi connectivity index (χ0n) is 12.1. The van der Waals surface area contributed by atoms with E-state index >= 15 is 0 Å². The highest BCUT2D eigenvalue weighted by Gasteiger charge is 2.05. The van der Waals surface area contributed by atoms with Gasteiger partial charge in [0.05, 0.1) is 0 Å². The molecule has 1 aromatic carbocycles. The van der Waals surface area contributed by atoms with E-state index in [1.54, 1.807) is 0 Å². The molecule has 0 bridgehead atoms. The van der Waals surface area contributed by atoms with Gasteiger partial charge in [0.15, 0.2) is 11.6 Å². The first kappa shape index (κ1) is 17.9. The lowest BCUT2D eigenvalue weighted by molar-refractivity contribution is -0.120. The van der Waals surface area contributed by atoms with Crippen LogP contribution in [0.2, 0.25) is 0 Å². The number of carbonyl (C=O) groups is 1. The maximum absolute atomic E-state index is 13.0. The molecular weight excluding hydrogens is 296 g/mol.